The van der Waals surface area contributed by atoms with Crippen LogP contribution in [0.2, 0.25) is 0 Å². The maximum Gasteiger partial charge on any atom is 0.184 e. The molecule has 3 nitrogen and oxygen atoms in total. The minimum absolute atomic E-state index is 0.0491. The van der Waals surface area contributed by atoms with Crippen LogP contribution in [-0.2, 0) is 0 Å². The smallest absolute Gasteiger partial charge is 0.184 e. The second kappa shape index (κ2) is 4.89. The van der Waals surface area contributed by atoms with Crippen molar-refractivity contribution in [3.05, 3.63) is 35.4 Å². The number of ketones is 1. The Kier molecular flexibility index (Phi) is 3.49. The molecule has 17 heavy (non-hydrogen) atoms. The molecule has 0 saturated carbocycles. The maximum absolute atomic E-state index is 13.5. The standard InChI is InChI=1S/C12H14F2N2O/c1-16-5-4-15-7-11(16)12(17)9-3-2-8(13)6-10(9)14/h2-3,6,11,15H,4-5,7H2,1H3. The van der Waals surface area contributed by atoms with Crippen molar-refractivity contribution >= 4 is 5.78 Å². The monoisotopic (exact) mass is 240 g/mol. The van der Waals surface area contributed by atoms with Crippen molar-refractivity contribution in [1.82, 2.24) is 10.2 Å². The summed E-state index contributed by atoms with van der Waals surface area (Å²) in [5.74, 6) is -1.78. The first-order valence-electron chi connectivity index (χ1n) is 5.50. The fraction of sp³-hybridized carbons (Fsp3) is 0.417. The van der Waals surface area contributed by atoms with Gasteiger partial charge in [-0.25, -0.2) is 8.78 Å². The molecule has 92 valence electrons. The van der Waals surface area contributed by atoms with E-state index < -0.39 is 11.6 Å². The second-order valence-electron chi connectivity index (χ2n) is 4.19. The molecule has 1 unspecified atom stereocenters. The van der Waals surface area contributed by atoms with E-state index in [4.69, 9.17) is 0 Å². The quantitative estimate of drug-likeness (QED) is 0.784. The van der Waals surface area contributed by atoms with Gasteiger partial charge in [-0.1, -0.05) is 0 Å². The first-order valence-corrected chi connectivity index (χ1v) is 5.50. The number of halogens is 2. The van der Waals surface area contributed by atoms with Crippen molar-refractivity contribution < 1.29 is 13.6 Å². The Bertz CT molecular complexity index is 437. The summed E-state index contributed by atoms with van der Waals surface area (Å²) in [7, 11) is 1.82. The zero-order valence-electron chi connectivity index (χ0n) is 9.54. The molecule has 0 radical (unpaired) electrons. The molecule has 1 aliphatic rings. The van der Waals surface area contributed by atoms with Crippen LogP contribution >= 0.6 is 0 Å². The summed E-state index contributed by atoms with van der Waals surface area (Å²) < 4.78 is 26.2. The highest BCUT2D eigenvalue weighted by Crippen LogP contribution is 2.14. The van der Waals surface area contributed by atoms with Crippen LogP contribution in [0.1, 0.15) is 10.4 Å². The largest absolute Gasteiger partial charge is 0.313 e. The first kappa shape index (κ1) is 12.1. The summed E-state index contributed by atoms with van der Waals surface area (Å²) in [4.78, 5) is 14.0. The van der Waals surface area contributed by atoms with Crippen molar-refractivity contribution in [3.8, 4) is 0 Å². The number of likely N-dealkylation sites (N-methyl/N-ethyl adjacent to an activating group) is 1. The molecule has 1 atom stereocenters. The minimum atomic E-state index is -0.797. The third-order valence-corrected chi connectivity index (χ3v) is 3.01. The topological polar surface area (TPSA) is 32.3 Å². The number of carbonyl (C=O) groups excluding carboxylic acids is 1. The average molecular weight is 240 g/mol. The van der Waals surface area contributed by atoms with E-state index in [1.165, 1.54) is 6.07 Å². The van der Waals surface area contributed by atoms with Gasteiger partial charge in [0.1, 0.15) is 11.6 Å². The lowest BCUT2D eigenvalue weighted by atomic mass is 10.0. The Morgan fingerprint density at radius 3 is 2.88 bits per heavy atom. The lowest BCUT2D eigenvalue weighted by Crippen LogP contribution is -2.53. The lowest BCUT2D eigenvalue weighted by Gasteiger charge is -2.31. The van der Waals surface area contributed by atoms with Crippen LogP contribution in [0, 0.1) is 11.6 Å². The molecule has 0 bridgehead atoms. The molecule has 2 rings (SSSR count). The molecule has 5 heteroatoms. The molecule has 1 N–H and O–H groups in total. The SMILES string of the molecule is CN1CCNCC1C(=O)c1ccc(F)cc1F. The third kappa shape index (κ3) is 2.50. The van der Waals surface area contributed by atoms with Gasteiger partial charge in [-0.2, -0.15) is 0 Å². The normalized spacial score (nSPS) is 21.5. The number of nitrogens with zero attached hydrogens (tertiary/aromatic N) is 1. The number of hydrogen-bond donors (Lipinski definition) is 1. The average Bonchev–Trinajstić information content (AvgIpc) is 2.29. The van der Waals surface area contributed by atoms with Crippen LogP contribution in [0.3, 0.4) is 0 Å². The summed E-state index contributed by atoms with van der Waals surface area (Å²) in [5.41, 5.74) is -0.0491. The Labute approximate surface area is 98.4 Å². The Morgan fingerprint density at radius 1 is 1.47 bits per heavy atom. The number of piperazine rings is 1. The number of Topliss-reactive ketones (excluding diaryl/α,β-unsaturated/α-hetero) is 1. The van der Waals surface area contributed by atoms with E-state index in [9.17, 15) is 13.6 Å². The zero-order chi connectivity index (χ0) is 12.4. The zero-order valence-corrected chi connectivity index (χ0v) is 9.54. The number of carbonyl (C=O) groups is 1. The van der Waals surface area contributed by atoms with Crippen LogP contribution in [0.15, 0.2) is 18.2 Å². The van der Waals surface area contributed by atoms with Crippen molar-refractivity contribution in [1.29, 1.82) is 0 Å². The van der Waals surface area contributed by atoms with Crippen LogP contribution in [0.5, 0.6) is 0 Å². The highest BCUT2D eigenvalue weighted by molar-refractivity contribution is 6.00. The van der Waals surface area contributed by atoms with E-state index in [1.54, 1.807) is 0 Å². The van der Waals surface area contributed by atoms with E-state index >= 15 is 0 Å². The lowest BCUT2D eigenvalue weighted by molar-refractivity contribution is 0.0815. The van der Waals surface area contributed by atoms with Gasteiger partial charge in [-0.3, -0.25) is 9.69 Å². The molecule has 1 saturated heterocycles. The molecule has 1 heterocycles. The van der Waals surface area contributed by atoms with Gasteiger partial charge in [-0.05, 0) is 19.2 Å². The Morgan fingerprint density at radius 2 is 2.24 bits per heavy atom. The van der Waals surface area contributed by atoms with Crippen molar-refractivity contribution in [2.24, 2.45) is 0 Å². The molecule has 1 aliphatic heterocycles. The predicted molar refractivity (Wildman–Crippen MR) is 60.0 cm³/mol. The van der Waals surface area contributed by atoms with Gasteiger partial charge >= 0.3 is 0 Å². The summed E-state index contributed by atoms with van der Waals surface area (Å²) in [6, 6.07) is 2.66. The number of hydrogen-bond acceptors (Lipinski definition) is 3. The van der Waals surface area contributed by atoms with E-state index in [0.29, 0.717) is 6.54 Å². The maximum atomic E-state index is 13.5. The van der Waals surface area contributed by atoms with Gasteiger partial charge < -0.3 is 5.32 Å². The summed E-state index contributed by atoms with van der Waals surface area (Å²) in [6.45, 7) is 2.04. The fourth-order valence-corrected chi connectivity index (χ4v) is 1.97. The number of benzene rings is 1. The minimum Gasteiger partial charge on any atom is -0.313 e. The van der Waals surface area contributed by atoms with Gasteiger partial charge in [0, 0.05) is 25.7 Å². The summed E-state index contributed by atoms with van der Waals surface area (Å²) in [6.07, 6.45) is 0. The molecule has 0 aromatic heterocycles. The van der Waals surface area contributed by atoms with E-state index in [-0.39, 0.29) is 17.4 Å². The molecule has 1 aromatic rings. The Balaban J connectivity index is 2.24. The first-order chi connectivity index (χ1) is 8.09. The molecule has 1 fully saturated rings. The van der Waals surface area contributed by atoms with E-state index in [0.717, 1.165) is 25.2 Å². The van der Waals surface area contributed by atoms with Gasteiger partial charge in [0.25, 0.3) is 0 Å². The second-order valence-corrected chi connectivity index (χ2v) is 4.19. The molecule has 0 aliphatic carbocycles. The van der Waals surface area contributed by atoms with Crippen LogP contribution in [0.4, 0.5) is 8.78 Å². The van der Waals surface area contributed by atoms with E-state index in [2.05, 4.69) is 5.32 Å². The van der Waals surface area contributed by atoms with Crippen LogP contribution in [0.25, 0.3) is 0 Å². The number of nitrogens with one attached hydrogen (secondary N) is 1. The van der Waals surface area contributed by atoms with Crippen molar-refractivity contribution in [3.63, 3.8) is 0 Å². The van der Waals surface area contributed by atoms with Gasteiger partial charge in [0.2, 0.25) is 0 Å². The van der Waals surface area contributed by atoms with Crippen LogP contribution < -0.4 is 5.32 Å². The van der Waals surface area contributed by atoms with Gasteiger partial charge in [-0.15, -0.1) is 0 Å². The van der Waals surface area contributed by atoms with Crippen molar-refractivity contribution in [2.45, 2.75) is 6.04 Å². The summed E-state index contributed by atoms with van der Waals surface area (Å²) in [5, 5.41) is 3.09. The fourth-order valence-electron chi connectivity index (χ4n) is 1.97. The molecule has 0 amide bonds. The molecular weight excluding hydrogens is 226 g/mol. The third-order valence-electron chi connectivity index (χ3n) is 3.01. The highest BCUT2D eigenvalue weighted by atomic mass is 19.1. The van der Waals surface area contributed by atoms with Gasteiger partial charge in [0.05, 0.1) is 11.6 Å². The van der Waals surface area contributed by atoms with Crippen LogP contribution in [-0.4, -0.2) is 43.4 Å². The summed E-state index contributed by atoms with van der Waals surface area (Å²) >= 11 is 0. The van der Waals surface area contributed by atoms with Gasteiger partial charge in [0.15, 0.2) is 5.78 Å². The van der Waals surface area contributed by atoms with E-state index in [1.807, 2.05) is 11.9 Å². The Hall–Kier alpha value is -1.33. The highest BCUT2D eigenvalue weighted by Gasteiger charge is 2.28. The molecule has 1 aromatic carbocycles. The number of rotatable bonds is 2. The van der Waals surface area contributed by atoms with Crippen molar-refractivity contribution in [2.75, 3.05) is 26.7 Å². The molecule has 0 spiro atoms. The molecular formula is C12H14F2N2O. The predicted octanol–water partition coefficient (Wildman–Crippen LogP) is 1.05.